The fourth-order valence-electron chi connectivity index (χ4n) is 3.35. The van der Waals surface area contributed by atoms with Gasteiger partial charge in [-0.15, -0.1) is 0 Å². The van der Waals surface area contributed by atoms with Gasteiger partial charge < -0.3 is 5.11 Å². The second kappa shape index (κ2) is 6.35. The minimum atomic E-state index is -3.17. The first-order valence-corrected chi connectivity index (χ1v) is 8.87. The molecule has 2 saturated carbocycles. The number of nitrogens with one attached hydrogen (secondary N) is 1. The summed E-state index contributed by atoms with van der Waals surface area (Å²) in [5, 5.41) is 9.22. The Morgan fingerprint density at radius 1 is 1.00 bits per heavy atom. The Morgan fingerprint density at radius 2 is 1.72 bits per heavy atom. The van der Waals surface area contributed by atoms with Gasteiger partial charge in [-0.3, -0.25) is 0 Å². The summed E-state index contributed by atoms with van der Waals surface area (Å²) in [5.41, 5.74) is 0. The topological polar surface area (TPSA) is 66.4 Å². The highest BCUT2D eigenvalue weighted by atomic mass is 32.2. The van der Waals surface area contributed by atoms with Crippen molar-refractivity contribution in [3.8, 4) is 0 Å². The summed E-state index contributed by atoms with van der Waals surface area (Å²) in [4.78, 5) is 0. The Bertz CT molecular complexity index is 349. The maximum absolute atomic E-state index is 12.1. The normalized spacial score (nSPS) is 30.7. The van der Waals surface area contributed by atoms with Crippen LogP contribution in [0.3, 0.4) is 0 Å². The van der Waals surface area contributed by atoms with Gasteiger partial charge >= 0.3 is 0 Å². The van der Waals surface area contributed by atoms with Crippen LogP contribution in [-0.2, 0) is 10.0 Å². The van der Waals surface area contributed by atoms with Crippen molar-refractivity contribution in [2.24, 2.45) is 11.8 Å². The minimum absolute atomic E-state index is 0.0383. The average Bonchev–Trinajstić information content (AvgIpc) is 2.76. The molecule has 0 aromatic rings. The van der Waals surface area contributed by atoms with Crippen molar-refractivity contribution in [1.82, 2.24) is 4.72 Å². The molecule has 2 unspecified atom stereocenters. The van der Waals surface area contributed by atoms with Crippen molar-refractivity contribution in [2.75, 3.05) is 12.4 Å². The number of sulfonamides is 1. The Kier molecular flexibility index (Phi) is 5.04. The average molecular weight is 275 g/mol. The lowest BCUT2D eigenvalue weighted by molar-refractivity contribution is 0.213. The molecule has 0 aromatic heterocycles. The lowest BCUT2D eigenvalue weighted by Crippen LogP contribution is -2.41. The van der Waals surface area contributed by atoms with Gasteiger partial charge in [0, 0.05) is 12.6 Å². The highest BCUT2D eigenvalue weighted by molar-refractivity contribution is 7.89. The van der Waals surface area contributed by atoms with E-state index in [4.69, 9.17) is 0 Å². The molecule has 0 amide bonds. The van der Waals surface area contributed by atoms with Gasteiger partial charge in [0.2, 0.25) is 10.0 Å². The van der Waals surface area contributed by atoms with Crippen LogP contribution >= 0.6 is 0 Å². The van der Waals surface area contributed by atoms with Crippen molar-refractivity contribution >= 4 is 10.0 Å². The molecule has 2 N–H and O–H groups in total. The lowest BCUT2D eigenvalue weighted by Gasteiger charge is -2.24. The number of rotatable bonds is 5. The zero-order chi connectivity index (χ0) is 13.0. The van der Waals surface area contributed by atoms with Gasteiger partial charge in [0.1, 0.15) is 0 Å². The van der Waals surface area contributed by atoms with E-state index in [-0.39, 0.29) is 24.3 Å². The van der Waals surface area contributed by atoms with Crippen LogP contribution in [-0.4, -0.2) is 31.9 Å². The first kappa shape index (κ1) is 14.3. The van der Waals surface area contributed by atoms with E-state index in [1.807, 2.05) is 0 Å². The molecule has 0 bridgehead atoms. The summed E-state index contributed by atoms with van der Waals surface area (Å²) in [7, 11) is -3.17. The predicted molar refractivity (Wildman–Crippen MR) is 71.7 cm³/mol. The molecule has 0 heterocycles. The van der Waals surface area contributed by atoms with Crippen molar-refractivity contribution < 1.29 is 13.5 Å². The van der Waals surface area contributed by atoms with Gasteiger partial charge in [-0.05, 0) is 37.5 Å². The van der Waals surface area contributed by atoms with E-state index < -0.39 is 10.0 Å². The van der Waals surface area contributed by atoms with Crippen molar-refractivity contribution in [3.63, 3.8) is 0 Å². The Hall–Kier alpha value is -0.130. The number of aliphatic hydroxyl groups is 1. The molecule has 5 heteroatoms. The molecule has 4 nitrogen and oxygen atoms in total. The summed E-state index contributed by atoms with van der Waals surface area (Å²) in [5.74, 6) is 0.734. The van der Waals surface area contributed by atoms with Gasteiger partial charge in [-0.25, -0.2) is 13.1 Å². The predicted octanol–water partition coefficient (Wildman–Crippen LogP) is 1.65. The fourth-order valence-corrected chi connectivity index (χ4v) is 5.18. The Balaban J connectivity index is 1.86. The summed E-state index contributed by atoms with van der Waals surface area (Å²) < 4.78 is 27.1. The maximum Gasteiger partial charge on any atom is 0.212 e. The molecule has 2 atom stereocenters. The molecular weight excluding hydrogens is 250 g/mol. The number of aliphatic hydroxyl groups excluding tert-OH is 1. The first-order valence-electron chi connectivity index (χ1n) is 7.21. The molecule has 0 saturated heterocycles. The van der Waals surface area contributed by atoms with Crippen LogP contribution in [0.25, 0.3) is 0 Å². The van der Waals surface area contributed by atoms with Gasteiger partial charge in [-0.1, -0.05) is 25.7 Å². The second-order valence-electron chi connectivity index (χ2n) is 5.88. The van der Waals surface area contributed by atoms with Crippen LogP contribution in [0.1, 0.15) is 51.4 Å². The third-order valence-electron chi connectivity index (χ3n) is 4.40. The summed E-state index contributed by atoms with van der Waals surface area (Å²) in [6.07, 6.45) is 8.51. The number of hydrogen-bond donors (Lipinski definition) is 2. The van der Waals surface area contributed by atoms with Crippen LogP contribution < -0.4 is 4.72 Å². The van der Waals surface area contributed by atoms with Gasteiger partial charge in [0.05, 0.1) is 5.75 Å². The zero-order valence-corrected chi connectivity index (χ0v) is 11.8. The van der Waals surface area contributed by atoms with E-state index in [1.165, 1.54) is 19.3 Å². The molecule has 106 valence electrons. The first-order chi connectivity index (χ1) is 8.61. The number of hydrogen-bond acceptors (Lipinski definition) is 3. The van der Waals surface area contributed by atoms with Crippen LogP contribution in [0.5, 0.6) is 0 Å². The minimum Gasteiger partial charge on any atom is -0.396 e. The Labute approximate surface area is 110 Å². The van der Waals surface area contributed by atoms with Gasteiger partial charge in [0.15, 0.2) is 0 Å². The molecule has 0 spiro atoms. The van der Waals surface area contributed by atoms with E-state index in [0.717, 1.165) is 32.1 Å². The van der Waals surface area contributed by atoms with Crippen LogP contribution in [0, 0.1) is 11.8 Å². The third kappa shape index (κ3) is 3.93. The third-order valence-corrected chi connectivity index (χ3v) is 5.98. The van der Waals surface area contributed by atoms with E-state index in [2.05, 4.69) is 4.72 Å². The smallest absolute Gasteiger partial charge is 0.212 e. The largest absolute Gasteiger partial charge is 0.396 e. The van der Waals surface area contributed by atoms with Gasteiger partial charge in [0.25, 0.3) is 0 Å². The summed E-state index contributed by atoms with van der Waals surface area (Å²) in [6, 6.07) is -0.0383. The molecule has 0 radical (unpaired) electrons. The van der Waals surface area contributed by atoms with Gasteiger partial charge in [-0.2, -0.15) is 0 Å². The molecule has 2 rings (SSSR count). The molecule has 0 aliphatic heterocycles. The highest BCUT2D eigenvalue weighted by Crippen LogP contribution is 2.28. The molecule has 18 heavy (non-hydrogen) atoms. The van der Waals surface area contributed by atoms with Crippen molar-refractivity contribution in [1.29, 1.82) is 0 Å². The lowest BCUT2D eigenvalue weighted by atomic mass is 9.91. The van der Waals surface area contributed by atoms with Crippen LogP contribution in [0.15, 0.2) is 0 Å². The van der Waals surface area contributed by atoms with E-state index in [0.29, 0.717) is 5.92 Å². The van der Waals surface area contributed by atoms with Crippen LogP contribution in [0.2, 0.25) is 0 Å². The molecular formula is C13H25NO3S. The van der Waals surface area contributed by atoms with Crippen LogP contribution in [0.4, 0.5) is 0 Å². The zero-order valence-electron chi connectivity index (χ0n) is 11.0. The highest BCUT2D eigenvalue weighted by Gasteiger charge is 2.31. The molecule has 2 aliphatic rings. The second-order valence-corrected chi connectivity index (χ2v) is 7.68. The van der Waals surface area contributed by atoms with E-state index in [1.54, 1.807) is 0 Å². The Morgan fingerprint density at radius 3 is 2.39 bits per heavy atom. The van der Waals surface area contributed by atoms with Crippen molar-refractivity contribution in [3.05, 3.63) is 0 Å². The summed E-state index contributed by atoms with van der Waals surface area (Å²) >= 11 is 0. The SMILES string of the molecule is O=S(=O)(CC1CCCCC1)NC1CCCC1CO. The monoisotopic (exact) mass is 275 g/mol. The van der Waals surface area contributed by atoms with Crippen molar-refractivity contribution in [2.45, 2.75) is 57.4 Å². The summed E-state index contributed by atoms with van der Waals surface area (Å²) in [6.45, 7) is 0.0939. The van der Waals surface area contributed by atoms with E-state index >= 15 is 0 Å². The standard InChI is InChI=1S/C13H25NO3S/c15-9-12-7-4-8-13(12)14-18(16,17)10-11-5-2-1-3-6-11/h11-15H,1-10H2. The maximum atomic E-state index is 12.1. The fraction of sp³-hybridized carbons (Fsp3) is 1.00. The quantitative estimate of drug-likeness (QED) is 0.801. The molecule has 0 aromatic carbocycles. The molecule has 2 fully saturated rings. The van der Waals surface area contributed by atoms with E-state index in [9.17, 15) is 13.5 Å². The molecule has 2 aliphatic carbocycles.